The Balaban J connectivity index is 0.00000480. The van der Waals surface area contributed by atoms with Gasteiger partial charge in [0.05, 0.1) is 47.0 Å². The van der Waals surface area contributed by atoms with Crippen molar-refractivity contribution in [3.05, 3.63) is 47.2 Å². The number of halogens is 2. The summed E-state index contributed by atoms with van der Waals surface area (Å²) in [6.45, 7) is 3.67. The summed E-state index contributed by atoms with van der Waals surface area (Å²) in [7, 11) is -3.97. The number of carbonyl (C=O) groups excluding carboxylic acids is 4. The number of esters is 1. The molecule has 304 valence electrons. The van der Waals surface area contributed by atoms with E-state index >= 15 is 0 Å². The molecule has 4 fully saturated rings. The molecule has 11 nitrogen and oxygen atoms in total. The molecule has 0 radical (unpaired) electrons. The number of Topliss-reactive ketones (excluding diaryl/α,β-unsaturated/α-hetero) is 1. The Labute approximate surface area is 327 Å². The highest BCUT2D eigenvalue weighted by molar-refractivity contribution is 7.91. The first-order chi connectivity index (χ1) is 26.1. The number of aryl methyl sites for hydroxylation is 2. The lowest BCUT2D eigenvalue weighted by atomic mass is 9.85. The molecule has 6 aliphatic rings. The van der Waals surface area contributed by atoms with E-state index in [2.05, 4.69) is 9.71 Å². The number of ketones is 1. The molecular weight excluding hydrogens is 745 g/mol. The second-order valence-electron chi connectivity index (χ2n) is 17.3. The van der Waals surface area contributed by atoms with Gasteiger partial charge in [-0.1, -0.05) is 32.4 Å². The molecule has 1 N–H and O–H groups in total. The summed E-state index contributed by atoms with van der Waals surface area (Å²) < 4.78 is 68.6. The van der Waals surface area contributed by atoms with Crippen molar-refractivity contribution < 1.29 is 45.9 Å². The van der Waals surface area contributed by atoms with Crippen LogP contribution in [0.1, 0.15) is 115 Å². The smallest absolute Gasteiger partial charge is 0.306 e. The van der Waals surface area contributed by atoms with E-state index in [4.69, 9.17) is 9.47 Å². The predicted octanol–water partition coefficient (Wildman–Crippen LogP) is 6.57. The molecule has 1 spiro atoms. The number of fused-ring (bicyclic) bond motifs is 5. The Kier molecular flexibility index (Phi) is 10.6. The van der Waals surface area contributed by atoms with Gasteiger partial charge >= 0.3 is 5.97 Å². The standard InChI is InChI=1S/C41H49F2N3O8S.CH4/c1-24-36-28(29-17-30(42)31(43)18-32(29)44-24)12-13-40(54-36)20-33-34(47)21-41(38(50)45-55(51,52)39(2)14-15-39)19-27(41)9-7-5-3-4-6-8-26(37(49)46(33)23-40)16-35(48)53-22-25-10-11-25;/h7,9,17-18,25-27,33H,3-6,8,10-16,19-23H2,1-2H3,(H,45,50);1H4/b9-7-;/t26-,27-,33+,40-,41-;/m1./s1. The molecule has 0 bridgehead atoms. The van der Waals surface area contributed by atoms with E-state index < -0.39 is 61.3 Å². The molecule has 1 aromatic carbocycles. The van der Waals surface area contributed by atoms with E-state index in [1.165, 1.54) is 4.90 Å². The van der Waals surface area contributed by atoms with Crippen molar-refractivity contribution >= 4 is 44.5 Å². The topological polar surface area (TPSA) is 149 Å². The number of hydrogen-bond acceptors (Lipinski definition) is 9. The third kappa shape index (κ3) is 7.58. The van der Waals surface area contributed by atoms with Crippen molar-refractivity contribution in [2.45, 2.75) is 134 Å². The number of allylic oxidation sites excluding steroid dienone is 2. The quantitative estimate of drug-likeness (QED) is 0.243. The van der Waals surface area contributed by atoms with Crippen molar-refractivity contribution in [1.82, 2.24) is 14.6 Å². The predicted molar refractivity (Wildman–Crippen MR) is 204 cm³/mol. The molecule has 0 unspecified atom stereocenters. The molecule has 4 heterocycles. The van der Waals surface area contributed by atoms with Gasteiger partial charge in [-0.3, -0.25) is 23.9 Å². The second-order valence-corrected chi connectivity index (χ2v) is 19.5. The van der Waals surface area contributed by atoms with Crippen molar-refractivity contribution in [2.75, 3.05) is 13.2 Å². The fraction of sp³-hybridized carbons (Fsp3) is 0.643. The lowest BCUT2D eigenvalue weighted by Crippen LogP contribution is -2.48. The van der Waals surface area contributed by atoms with E-state index in [1.54, 1.807) is 13.8 Å². The third-order valence-corrected chi connectivity index (χ3v) is 15.3. The molecule has 1 saturated heterocycles. The maximum absolute atomic E-state index is 14.7. The number of rotatable bonds is 7. The van der Waals surface area contributed by atoms with Gasteiger partial charge in [0, 0.05) is 35.8 Å². The van der Waals surface area contributed by atoms with E-state index in [0.29, 0.717) is 85.4 Å². The first kappa shape index (κ1) is 40.3. The lowest BCUT2D eigenvalue weighted by Gasteiger charge is -2.36. The summed E-state index contributed by atoms with van der Waals surface area (Å²) in [5.41, 5.74) is -0.919. The Morgan fingerprint density at radius 3 is 2.54 bits per heavy atom. The molecule has 3 aliphatic heterocycles. The molecule has 3 saturated carbocycles. The van der Waals surface area contributed by atoms with Crippen molar-refractivity contribution in [1.29, 1.82) is 0 Å². The number of aromatic nitrogens is 1. The number of amides is 2. The Morgan fingerprint density at radius 2 is 1.80 bits per heavy atom. The minimum atomic E-state index is -3.97. The van der Waals surface area contributed by atoms with E-state index in [9.17, 15) is 36.4 Å². The van der Waals surface area contributed by atoms with Crippen LogP contribution < -0.4 is 9.46 Å². The number of pyridine rings is 1. The largest absolute Gasteiger partial charge is 0.483 e. The number of ether oxygens (including phenoxy) is 2. The van der Waals surface area contributed by atoms with Crippen LogP contribution in [-0.2, 0) is 40.4 Å². The zero-order chi connectivity index (χ0) is 38.9. The lowest BCUT2D eigenvalue weighted by molar-refractivity contribution is -0.151. The molecule has 14 heteroatoms. The average molecular weight is 798 g/mol. The van der Waals surface area contributed by atoms with Crippen LogP contribution in [-0.4, -0.2) is 71.4 Å². The van der Waals surface area contributed by atoms with Gasteiger partial charge in [-0.15, -0.1) is 0 Å². The summed E-state index contributed by atoms with van der Waals surface area (Å²) in [6.07, 6.45) is 11.0. The maximum Gasteiger partial charge on any atom is 0.306 e. The highest BCUT2D eigenvalue weighted by Gasteiger charge is 2.63. The number of carbonyl (C=O) groups is 4. The third-order valence-electron chi connectivity index (χ3n) is 13.1. The first-order valence-electron chi connectivity index (χ1n) is 19.8. The summed E-state index contributed by atoms with van der Waals surface area (Å²) in [4.78, 5) is 62.5. The molecule has 2 amide bonds. The highest BCUT2D eigenvalue weighted by Crippen LogP contribution is 2.58. The van der Waals surface area contributed by atoms with Gasteiger partial charge in [0.15, 0.2) is 17.4 Å². The van der Waals surface area contributed by atoms with Crippen LogP contribution in [0.25, 0.3) is 10.9 Å². The number of nitrogens with zero attached hydrogens (tertiary/aromatic N) is 2. The van der Waals surface area contributed by atoms with Crippen LogP contribution in [0, 0.1) is 41.7 Å². The number of sulfonamides is 1. The minimum absolute atomic E-state index is 0. The van der Waals surface area contributed by atoms with Crippen LogP contribution in [0.2, 0.25) is 0 Å². The maximum atomic E-state index is 14.7. The monoisotopic (exact) mass is 797 g/mol. The molecule has 1 aromatic heterocycles. The number of hydrogen-bond donors (Lipinski definition) is 1. The highest BCUT2D eigenvalue weighted by atomic mass is 32.2. The Morgan fingerprint density at radius 1 is 1.05 bits per heavy atom. The minimum Gasteiger partial charge on any atom is -0.483 e. The average Bonchev–Trinajstić information content (AvgIpc) is 4.08. The summed E-state index contributed by atoms with van der Waals surface area (Å²) in [6, 6.07) is 1.16. The SMILES string of the molecule is C.Cc1nc2cc(F)c(F)cc2c2c1O[C@]1(CC2)C[C@H]2C(=O)C[C@]3(C(=O)NS(=O)(=O)C4(C)CC4)C[C@H]3/C=C\CCCCC[C@H](CC(=O)OCC3CC3)C(=O)N2C1. The van der Waals surface area contributed by atoms with Gasteiger partial charge in [-0.2, -0.15) is 0 Å². The molecule has 8 rings (SSSR count). The molecule has 2 aromatic rings. The fourth-order valence-corrected chi connectivity index (χ4v) is 10.2. The fourth-order valence-electron chi connectivity index (χ4n) is 8.91. The van der Waals surface area contributed by atoms with Gasteiger partial charge in [-0.25, -0.2) is 22.2 Å². The molecular formula is C42H53F2N3O8S. The van der Waals surface area contributed by atoms with Crippen LogP contribution in [0.15, 0.2) is 24.3 Å². The van der Waals surface area contributed by atoms with Crippen molar-refractivity contribution in [2.24, 2.45) is 23.2 Å². The van der Waals surface area contributed by atoms with Gasteiger partial charge in [0.25, 0.3) is 0 Å². The first-order valence-corrected chi connectivity index (χ1v) is 21.3. The van der Waals surface area contributed by atoms with E-state index in [-0.39, 0.29) is 50.8 Å². The molecule has 5 atom stereocenters. The molecule has 3 aliphatic carbocycles. The number of benzene rings is 1. The summed E-state index contributed by atoms with van der Waals surface area (Å²) in [5.74, 6) is -4.23. The normalized spacial score (nSPS) is 30.4. The van der Waals surface area contributed by atoms with Gasteiger partial charge < -0.3 is 14.4 Å². The van der Waals surface area contributed by atoms with Crippen LogP contribution >= 0.6 is 0 Å². The number of nitrogens with one attached hydrogen (secondary N) is 1. The Hall–Kier alpha value is -3.94. The summed E-state index contributed by atoms with van der Waals surface area (Å²) >= 11 is 0. The van der Waals surface area contributed by atoms with Crippen LogP contribution in [0.5, 0.6) is 5.75 Å². The van der Waals surface area contributed by atoms with E-state index in [1.807, 2.05) is 12.2 Å². The van der Waals surface area contributed by atoms with Crippen molar-refractivity contribution in [3.8, 4) is 5.75 Å². The van der Waals surface area contributed by atoms with Gasteiger partial charge in [-0.05, 0) is 96.0 Å². The zero-order valence-electron chi connectivity index (χ0n) is 31.5. The van der Waals surface area contributed by atoms with Gasteiger partial charge in [0.2, 0.25) is 21.8 Å². The molecule has 56 heavy (non-hydrogen) atoms. The van der Waals surface area contributed by atoms with Crippen molar-refractivity contribution in [3.63, 3.8) is 0 Å². The Bertz CT molecular complexity index is 2100. The van der Waals surface area contributed by atoms with E-state index in [0.717, 1.165) is 44.2 Å². The summed E-state index contributed by atoms with van der Waals surface area (Å²) in [5, 5.41) is 0.426. The van der Waals surface area contributed by atoms with Crippen LogP contribution in [0.3, 0.4) is 0 Å². The van der Waals surface area contributed by atoms with Gasteiger partial charge in [0.1, 0.15) is 11.4 Å². The van der Waals surface area contributed by atoms with Crippen LogP contribution in [0.4, 0.5) is 8.78 Å². The zero-order valence-corrected chi connectivity index (χ0v) is 32.3. The second kappa shape index (κ2) is 14.8.